The van der Waals surface area contributed by atoms with E-state index in [0.717, 1.165) is 16.3 Å². The molecular weight excluding hydrogens is 420 g/mol. The first-order valence-corrected chi connectivity index (χ1v) is 10.8. The SMILES string of the molecule is CNC(=O)c1ccc2ccc(Oc3ccnn4cc(C(=O)N5C[C@@H](O)[C@H]5C)c(C)c34)cc2c1. The van der Waals surface area contributed by atoms with Gasteiger partial charge in [0.1, 0.15) is 11.3 Å². The van der Waals surface area contributed by atoms with Crippen LogP contribution in [0.15, 0.2) is 54.9 Å². The molecular formula is C25H24N4O4. The van der Waals surface area contributed by atoms with Gasteiger partial charge in [0.05, 0.1) is 23.9 Å². The zero-order valence-corrected chi connectivity index (χ0v) is 18.6. The van der Waals surface area contributed by atoms with Crippen molar-refractivity contribution in [3.63, 3.8) is 0 Å². The van der Waals surface area contributed by atoms with Crippen molar-refractivity contribution in [3.8, 4) is 11.5 Å². The first-order valence-electron chi connectivity index (χ1n) is 10.8. The summed E-state index contributed by atoms with van der Waals surface area (Å²) in [4.78, 5) is 26.6. The van der Waals surface area contributed by atoms with E-state index in [4.69, 9.17) is 4.74 Å². The number of nitrogens with zero attached hydrogens (tertiary/aromatic N) is 3. The summed E-state index contributed by atoms with van der Waals surface area (Å²) in [6, 6.07) is 12.8. The Morgan fingerprint density at radius 3 is 2.67 bits per heavy atom. The minimum Gasteiger partial charge on any atom is -0.455 e. The highest BCUT2D eigenvalue weighted by atomic mass is 16.5. The Balaban J connectivity index is 1.50. The molecule has 168 valence electrons. The van der Waals surface area contributed by atoms with Crippen molar-refractivity contribution in [2.24, 2.45) is 0 Å². The molecule has 2 amide bonds. The van der Waals surface area contributed by atoms with Crippen LogP contribution in [0.25, 0.3) is 16.3 Å². The monoisotopic (exact) mass is 444 g/mol. The normalized spacial score (nSPS) is 17.8. The molecule has 2 atom stereocenters. The van der Waals surface area contributed by atoms with E-state index in [1.54, 1.807) is 41.0 Å². The number of aromatic nitrogens is 2. The van der Waals surface area contributed by atoms with Crippen molar-refractivity contribution in [2.75, 3.05) is 13.6 Å². The molecule has 1 saturated heterocycles. The number of aryl methyl sites for hydroxylation is 1. The third kappa shape index (κ3) is 3.48. The van der Waals surface area contributed by atoms with Crippen LogP contribution in [0.1, 0.15) is 33.2 Å². The van der Waals surface area contributed by atoms with Crippen LogP contribution in [-0.4, -0.2) is 57.2 Å². The Hall–Kier alpha value is -3.91. The number of hydrogen-bond donors (Lipinski definition) is 2. The van der Waals surface area contributed by atoms with Gasteiger partial charge in [-0.2, -0.15) is 5.10 Å². The molecule has 1 fully saturated rings. The highest BCUT2D eigenvalue weighted by Crippen LogP contribution is 2.33. The second-order valence-electron chi connectivity index (χ2n) is 8.33. The summed E-state index contributed by atoms with van der Waals surface area (Å²) >= 11 is 0. The van der Waals surface area contributed by atoms with Gasteiger partial charge in [-0.25, -0.2) is 4.52 Å². The van der Waals surface area contributed by atoms with Gasteiger partial charge in [0.25, 0.3) is 11.8 Å². The third-order valence-electron chi connectivity index (χ3n) is 6.34. The predicted molar refractivity (Wildman–Crippen MR) is 124 cm³/mol. The summed E-state index contributed by atoms with van der Waals surface area (Å²) in [5.74, 6) is 0.899. The molecule has 0 saturated carbocycles. The number of fused-ring (bicyclic) bond motifs is 2. The maximum atomic E-state index is 13.0. The average Bonchev–Trinajstić information content (AvgIpc) is 3.18. The number of carbonyl (C=O) groups is 2. The molecule has 2 aromatic carbocycles. The summed E-state index contributed by atoms with van der Waals surface area (Å²) in [5, 5.41) is 18.6. The molecule has 0 radical (unpaired) electrons. The van der Waals surface area contributed by atoms with Crippen LogP contribution in [0, 0.1) is 6.92 Å². The van der Waals surface area contributed by atoms with Crippen molar-refractivity contribution < 1.29 is 19.4 Å². The van der Waals surface area contributed by atoms with Crippen LogP contribution in [0.3, 0.4) is 0 Å². The summed E-state index contributed by atoms with van der Waals surface area (Å²) in [6.07, 6.45) is 2.84. The maximum Gasteiger partial charge on any atom is 0.256 e. The number of β-amino-alcohol motifs (C(OH)–C–C–N with tert-alkyl or cyclic N) is 1. The second-order valence-corrected chi connectivity index (χ2v) is 8.33. The number of carbonyl (C=O) groups excluding carboxylic acids is 2. The molecule has 33 heavy (non-hydrogen) atoms. The van der Waals surface area contributed by atoms with Crippen molar-refractivity contribution in [1.29, 1.82) is 0 Å². The molecule has 3 heterocycles. The van der Waals surface area contributed by atoms with Crippen molar-refractivity contribution in [2.45, 2.75) is 26.0 Å². The molecule has 4 aromatic rings. The second kappa shape index (κ2) is 7.90. The Bertz CT molecular complexity index is 1410. The topological polar surface area (TPSA) is 96.2 Å². The molecule has 2 N–H and O–H groups in total. The molecule has 8 nitrogen and oxygen atoms in total. The first kappa shape index (κ1) is 21.0. The minimum atomic E-state index is -0.486. The van der Waals surface area contributed by atoms with Crippen LogP contribution in [0.4, 0.5) is 0 Å². The number of benzene rings is 2. The molecule has 5 rings (SSSR count). The lowest BCUT2D eigenvalue weighted by molar-refractivity contribution is -0.0357. The number of hydrogen-bond acceptors (Lipinski definition) is 5. The van der Waals surface area contributed by atoms with Gasteiger partial charge in [0.2, 0.25) is 0 Å². The van der Waals surface area contributed by atoms with Gasteiger partial charge >= 0.3 is 0 Å². The highest BCUT2D eigenvalue weighted by molar-refractivity contribution is 6.00. The van der Waals surface area contributed by atoms with E-state index in [1.165, 1.54) is 0 Å². The molecule has 1 aliphatic rings. The highest BCUT2D eigenvalue weighted by Gasteiger charge is 2.38. The van der Waals surface area contributed by atoms with Gasteiger partial charge in [-0.15, -0.1) is 0 Å². The number of likely N-dealkylation sites (tertiary alicyclic amines) is 1. The number of rotatable bonds is 4. The predicted octanol–water partition coefficient (Wildman–Crippen LogP) is 3.15. The van der Waals surface area contributed by atoms with Gasteiger partial charge < -0.3 is 20.1 Å². The molecule has 0 unspecified atom stereocenters. The zero-order valence-electron chi connectivity index (χ0n) is 18.6. The van der Waals surface area contributed by atoms with Gasteiger partial charge in [-0.05, 0) is 54.4 Å². The Morgan fingerprint density at radius 2 is 1.94 bits per heavy atom. The number of amides is 2. The van der Waals surface area contributed by atoms with Crippen LogP contribution >= 0.6 is 0 Å². The van der Waals surface area contributed by atoms with E-state index >= 15 is 0 Å². The third-order valence-corrected chi connectivity index (χ3v) is 6.34. The van der Waals surface area contributed by atoms with Crippen molar-refractivity contribution in [1.82, 2.24) is 19.8 Å². The quantitative estimate of drug-likeness (QED) is 0.504. The Kier molecular flexibility index (Phi) is 5.02. The average molecular weight is 444 g/mol. The Morgan fingerprint density at radius 1 is 1.15 bits per heavy atom. The van der Waals surface area contributed by atoms with Gasteiger partial charge in [-0.1, -0.05) is 12.1 Å². The molecule has 0 bridgehead atoms. The Labute approximate surface area is 190 Å². The lowest BCUT2D eigenvalue weighted by atomic mass is 9.99. The lowest BCUT2D eigenvalue weighted by Crippen LogP contribution is -2.60. The fourth-order valence-electron chi connectivity index (χ4n) is 4.24. The van der Waals surface area contributed by atoms with Gasteiger partial charge in [-0.3, -0.25) is 9.59 Å². The van der Waals surface area contributed by atoms with E-state index in [-0.39, 0.29) is 17.9 Å². The molecule has 2 aromatic heterocycles. The number of ether oxygens (including phenoxy) is 1. The van der Waals surface area contributed by atoms with E-state index in [0.29, 0.717) is 34.7 Å². The number of aliphatic hydroxyl groups is 1. The fourth-order valence-corrected chi connectivity index (χ4v) is 4.24. The smallest absolute Gasteiger partial charge is 0.256 e. The minimum absolute atomic E-state index is 0.130. The summed E-state index contributed by atoms with van der Waals surface area (Å²) in [7, 11) is 1.60. The summed E-state index contributed by atoms with van der Waals surface area (Å²) < 4.78 is 7.86. The largest absolute Gasteiger partial charge is 0.455 e. The van der Waals surface area contributed by atoms with E-state index < -0.39 is 6.10 Å². The van der Waals surface area contributed by atoms with Gasteiger partial charge in [0.15, 0.2) is 5.75 Å². The molecule has 8 heteroatoms. The first-order chi connectivity index (χ1) is 15.9. The summed E-state index contributed by atoms with van der Waals surface area (Å²) in [6.45, 7) is 4.03. The lowest BCUT2D eigenvalue weighted by Gasteiger charge is -2.43. The standard InChI is InChI=1S/C25H24N4O4/c1-14-20(25(32)28-13-21(30)15(28)2)12-29-23(14)22(8-9-27-29)33-19-7-6-16-4-5-17(24(31)26-3)10-18(16)11-19/h4-12,15,21,30H,13H2,1-3H3,(H,26,31)/t15-,21-/m1/s1. The molecule has 0 aliphatic carbocycles. The molecule has 1 aliphatic heterocycles. The van der Waals surface area contributed by atoms with Gasteiger partial charge in [0, 0.05) is 31.4 Å². The maximum absolute atomic E-state index is 13.0. The van der Waals surface area contributed by atoms with Crippen molar-refractivity contribution >= 4 is 28.1 Å². The van der Waals surface area contributed by atoms with Crippen LogP contribution in [0.5, 0.6) is 11.5 Å². The van der Waals surface area contributed by atoms with Crippen molar-refractivity contribution in [3.05, 3.63) is 71.5 Å². The van der Waals surface area contributed by atoms with E-state index in [2.05, 4.69) is 10.4 Å². The summed E-state index contributed by atoms with van der Waals surface area (Å²) in [5.41, 5.74) is 2.57. The number of nitrogens with one attached hydrogen (secondary N) is 1. The number of aliphatic hydroxyl groups excluding tert-OH is 1. The van der Waals surface area contributed by atoms with Crippen LogP contribution in [-0.2, 0) is 0 Å². The van der Waals surface area contributed by atoms with E-state index in [9.17, 15) is 14.7 Å². The zero-order chi connectivity index (χ0) is 23.3. The molecule has 0 spiro atoms. The fraction of sp³-hybridized carbons (Fsp3) is 0.240. The van der Waals surface area contributed by atoms with Crippen LogP contribution in [0.2, 0.25) is 0 Å². The van der Waals surface area contributed by atoms with Crippen LogP contribution < -0.4 is 10.1 Å². The van der Waals surface area contributed by atoms with E-state index in [1.807, 2.05) is 44.2 Å².